The lowest BCUT2D eigenvalue weighted by molar-refractivity contribution is -0.136. The van der Waals surface area contributed by atoms with Gasteiger partial charge in [0.2, 0.25) is 0 Å². The first-order valence-corrected chi connectivity index (χ1v) is 7.62. The molecule has 0 fully saturated rings. The van der Waals surface area contributed by atoms with Crippen molar-refractivity contribution in [3.05, 3.63) is 48.7 Å². The molecule has 1 N–H and O–H groups in total. The number of rotatable bonds is 9. The SMILES string of the molecule is C=CCCCCCn1cc(CCC(=O)O)c2ccccc21. The van der Waals surface area contributed by atoms with Crippen LogP contribution in [0.25, 0.3) is 10.9 Å². The van der Waals surface area contributed by atoms with Crippen LogP contribution in [0.1, 0.15) is 37.7 Å². The van der Waals surface area contributed by atoms with Crippen LogP contribution < -0.4 is 0 Å². The Balaban J connectivity index is 2.08. The number of aryl methyl sites for hydroxylation is 2. The molecule has 0 aliphatic carbocycles. The maximum Gasteiger partial charge on any atom is 0.303 e. The van der Waals surface area contributed by atoms with E-state index in [1.54, 1.807) is 0 Å². The monoisotopic (exact) mass is 285 g/mol. The highest BCUT2D eigenvalue weighted by Crippen LogP contribution is 2.23. The van der Waals surface area contributed by atoms with Gasteiger partial charge in [0.1, 0.15) is 0 Å². The van der Waals surface area contributed by atoms with E-state index in [0.29, 0.717) is 6.42 Å². The van der Waals surface area contributed by atoms with E-state index in [-0.39, 0.29) is 6.42 Å². The Morgan fingerprint density at radius 1 is 1.24 bits per heavy atom. The number of hydrogen-bond acceptors (Lipinski definition) is 1. The molecule has 3 heteroatoms. The van der Waals surface area contributed by atoms with Crippen LogP contribution in [-0.2, 0) is 17.8 Å². The maximum atomic E-state index is 10.8. The Kier molecular flexibility index (Phi) is 5.61. The van der Waals surface area contributed by atoms with Gasteiger partial charge in [-0.1, -0.05) is 30.7 Å². The van der Waals surface area contributed by atoms with Gasteiger partial charge in [0.25, 0.3) is 0 Å². The summed E-state index contributed by atoms with van der Waals surface area (Å²) in [6, 6.07) is 8.25. The third-order valence-corrected chi connectivity index (χ3v) is 3.79. The standard InChI is InChI=1S/C18H23NO2/c1-2-3-4-5-8-13-19-14-15(11-12-18(20)21)16-9-6-7-10-17(16)19/h2,6-7,9-10,14H,1,3-5,8,11-13H2,(H,20,21). The van der Waals surface area contributed by atoms with Crippen LogP contribution in [0.5, 0.6) is 0 Å². The van der Waals surface area contributed by atoms with Crippen LogP contribution in [0.2, 0.25) is 0 Å². The average Bonchev–Trinajstić information content (AvgIpc) is 2.83. The number of aromatic nitrogens is 1. The molecule has 0 aliphatic rings. The third kappa shape index (κ3) is 4.22. The molecule has 0 bridgehead atoms. The summed E-state index contributed by atoms with van der Waals surface area (Å²) in [7, 11) is 0. The summed E-state index contributed by atoms with van der Waals surface area (Å²) in [4.78, 5) is 10.8. The van der Waals surface area contributed by atoms with Crippen LogP contribution in [0.4, 0.5) is 0 Å². The molecular weight excluding hydrogens is 262 g/mol. The van der Waals surface area contributed by atoms with Crippen molar-refractivity contribution in [2.75, 3.05) is 0 Å². The van der Waals surface area contributed by atoms with E-state index in [9.17, 15) is 4.79 Å². The molecule has 112 valence electrons. The number of hydrogen-bond donors (Lipinski definition) is 1. The number of benzene rings is 1. The average molecular weight is 285 g/mol. The van der Waals surface area contributed by atoms with E-state index in [0.717, 1.165) is 24.9 Å². The Bertz CT molecular complexity index is 613. The smallest absolute Gasteiger partial charge is 0.303 e. The number of carboxylic acids is 1. The molecule has 21 heavy (non-hydrogen) atoms. The van der Waals surface area contributed by atoms with Gasteiger partial charge >= 0.3 is 5.97 Å². The van der Waals surface area contributed by atoms with E-state index in [1.807, 2.05) is 18.2 Å². The Labute approximate surface area is 125 Å². The minimum absolute atomic E-state index is 0.188. The van der Waals surface area contributed by atoms with Crippen molar-refractivity contribution in [3.8, 4) is 0 Å². The molecule has 2 rings (SSSR count). The molecule has 0 amide bonds. The molecule has 0 spiro atoms. The predicted octanol–water partition coefficient (Wildman–Crippen LogP) is 4.40. The Morgan fingerprint density at radius 2 is 2.05 bits per heavy atom. The van der Waals surface area contributed by atoms with E-state index in [1.165, 1.54) is 23.7 Å². The molecule has 1 heterocycles. The fourth-order valence-corrected chi connectivity index (χ4v) is 2.70. The number of carbonyl (C=O) groups is 1. The highest BCUT2D eigenvalue weighted by molar-refractivity contribution is 5.84. The van der Waals surface area contributed by atoms with Gasteiger partial charge < -0.3 is 9.67 Å². The topological polar surface area (TPSA) is 42.2 Å². The number of nitrogens with zero attached hydrogens (tertiary/aromatic N) is 1. The summed E-state index contributed by atoms with van der Waals surface area (Å²) in [6.45, 7) is 4.73. The Hall–Kier alpha value is -2.03. The van der Waals surface area contributed by atoms with Gasteiger partial charge in [-0.05, 0) is 37.3 Å². The van der Waals surface area contributed by atoms with Crippen molar-refractivity contribution in [3.63, 3.8) is 0 Å². The zero-order valence-electron chi connectivity index (χ0n) is 12.4. The largest absolute Gasteiger partial charge is 0.481 e. The van der Waals surface area contributed by atoms with Gasteiger partial charge in [-0.2, -0.15) is 0 Å². The van der Waals surface area contributed by atoms with Crippen molar-refractivity contribution in [2.24, 2.45) is 0 Å². The second kappa shape index (κ2) is 7.67. The minimum Gasteiger partial charge on any atom is -0.481 e. The van der Waals surface area contributed by atoms with E-state index < -0.39 is 5.97 Å². The lowest BCUT2D eigenvalue weighted by Gasteiger charge is -2.04. The van der Waals surface area contributed by atoms with Crippen molar-refractivity contribution in [1.29, 1.82) is 0 Å². The number of carboxylic acid groups (broad SMARTS) is 1. The van der Waals surface area contributed by atoms with Gasteiger partial charge in [0, 0.05) is 30.1 Å². The third-order valence-electron chi connectivity index (χ3n) is 3.79. The van der Waals surface area contributed by atoms with Gasteiger partial charge in [-0.25, -0.2) is 0 Å². The normalized spacial score (nSPS) is 10.9. The molecule has 0 aliphatic heterocycles. The van der Waals surface area contributed by atoms with Gasteiger partial charge in [-0.3, -0.25) is 4.79 Å². The summed E-state index contributed by atoms with van der Waals surface area (Å²) in [5.41, 5.74) is 2.35. The molecule has 2 aromatic rings. The molecule has 0 atom stereocenters. The Morgan fingerprint density at radius 3 is 2.81 bits per heavy atom. The quantitative estimate of drug-likeness (QED) is 0.548. The van der Waals surface area contributed by atoms with Crippen molar-refractivity contribution in [2.45, 2.75) is 45.1 Å². The van der Waals surface area contributed by atoms with E-state index >= 15 is 0 Å². The molecule has 0 radical (unpaired) electrons. The second-order valence-electron chi connectivity index (χ2n) is 5.40. The first kappa shape index (κ1) is 15.4. The van der Waals surface area contributed by atoms with Crippen LogP contribution in [0, 0.1) is 0 Å². The predicted molar refractivity (Wildman–Crippen MR) is 86.6 cm³/mol. The molecule has 0 saturated heterocycles. The van der Waals surface area contributed by atoms with Crippen LogP contribution in [-0.4, -0.2) is 15.6 Å². The summed E-state index contributed by atoms with van der Waals surface area (Å²) in [6.07, 6.45) is 9.49. The number of fused-ring (bicyclic) bond motifs is 1. The van der Waals surface area contributed by atoms with Crippen LogP contribution in [0.15, 0.2) is 43.1 Å². The first-order valence-electron chi connectivity index (χ1n) is 7.62. The fourth-order valence-electron chi connectivity index (χ4n) is 2.70. The minimum atomic E-state index is -0.740. The van der Waals surface area contributed by atoms with Gasteiger partial charge in [0.05, 0.1) is 0 Å². The molecule has 3 nitrogen and oxygen atoms in total. The summed E-state index contributed by atoms with van der Waals surface area (Å²) in [5, 5.41) is 10.0. The maximum absolute atomic E-state index is 10.8. The number of aliphatic carboxylic acids is 1. The first-order chi connectivity index (χ1) is 10.2. The van der Waals surface area contributed by atoms with Crippen molar-refractivity contribution in [1.82, 2.24) is 4.57 Å². The zero-order chi connectivity index (χ0) is 15.1. The summed E-state index contributed by atoms with van der Waals surface area (Å²) in [5.74, 6) is -0.740. The van der Waals surface area contributed by atoms with E-state index in [2.05, 4.69) is 29.5 Å². The number of para-hydroxylation sites is 1. The molecule has 0 saturated carbocycles. The second-order valence-corrected chi connectivity index (χ2v) is 5.40. The van der Waals surface area contributed by atoms with Crippen LogP contribution in [0.3, 0.4) is 0 Å². The molecule has 1 aromatic heterocycles. The van der Waals surface area contributed by atoms with Crippen LogP contribution >= 0.6 is 0 Å². The molecule has 1 aromatic carbocycles. The molecule has 0 unspecified atom stereocenters. The van der Waals surface area contributed by atoms with Gasteiger partial charge in [-0.15, -0.1) is 6.58 Å². The van der Waals surface area contributed by atoms with E-state index in [4.69, 9.17) is 5.11 Å². The van der Waals surface area contributed by atoms with Gasteiger partial charge in [0.15, 0.2) is 0 Å². The summed E-state index contributed by atoms with van der Waals surface area (Å²) < 4.78 is 2.26. The zero-order valence-corrected chi connectivity index (χ0v) is 12.4. The lowest BCUT2D eigenvalue weighted by atomic mass is 10.1. The summed E-state index contributed by atoms with van der Waals surface area (Å²) >= 11 is 0. The fraction of sp³-hybridized carbons (Fsp3) is 0.389. The van der Waals surface area contributed by atoms with Crippen molar-refractivity contribution >= 4 is 16.9 Å². The highest BCUT2D eigenvalue weighted by atomic mass is 16.4. The van der Waals surface area contributed by atoms with Crippen molar-refractivity contribution < 1.29 is 9.90 Å². The highest BCUT2D eigenvalue weighted by Gasteiger charge is 2.09. The number of allylic oxidation sites excluding steroid dienone is 1. The molecular formula is C18H23NO2. The number of unbranched alkanes of at least 4 members (excludes halogenated alkanes) is 3. The lowest BCUT2D eigenvalue weighted by Crippen LogP contribution is -1.98.